The Labute approximate surface area is 349 Å². The van der Waals surface area contributed by atoms with Gasteiger partial charge in [-0.3, -0.25) is 0 Å². The Balaban J connectivity index is 1.04. The molecule has 0 aliphatic carbocycles. The predicted octanol–water partition coefficient (Wildman–Crippen LogP) is 16.5. The Morgan fingerprint density at radius 2 is 0.750 bits per heavy atom. The van der Waals surface area contributed by atoms with E-state index in [4.69, 9.17) is 4.42 Å². The van der Waals surface area contributed by atoms with Crippen LogP contribution in [0.5, 0.6) is 0 Å². The van der Waals surface area contributed by atoms with E-state index < -0.39 is 0 Å². The maximum absolute atomic E-state index is 6.28. The summed E-state index contributed by atoms with van der Waals surface area (Å²) in [4.78, 5) is 2.41. The fourth-order valence-corrected chi connectivity index (χ4v) is 8.65. The topological polar surface area (TPSA) is 16.4 Å². The lowest BCUT2D eigenvalue weighted by Gasteiger charge is -2.29. The molecule has 10 aromatic carbocycles. The van der Waals surface area contributed by atoms with Crippen molar-refractivity contribution in [2.24, 2.45) is 0 Å². The molecule has 282 valence electrons. The van der Waals surface area contributed by atoms with Crippen molar-refractivity contribution in [3.8, 4) is 55.6 Å². The highest BCUT2D eigenvalue weighted by atomic mass is 16.3. The lowest BCUT2D eigenvalue weighted by Crippen LogP contribution is -2.11. The smallest absolute Gasteiger partial charge is 0.136 e. The van der Waals surface area contributed by atoms with Crippen molar-refractivity contribution in [2.75, 3.05) is 4.90 Å². The summed E-state index contributed by atoms with van der Waals surface area (Å²) in [6.07, 6.45) is 0. The monoisotopic (exact) mass is 765 g/mol. The first-order chi connectivity index (χ1) is 29.7. The van der Waals surface area contributed by atoms with Crippen molar-refractivity contribution in [3.63, 3.8) is 0 Å². The van der Waals surface area contributed by atoms with Gasteiger partial charge in [-0.15, -0.1) is 0 Å². The predicted molar refractivity (Wildman–Crippen MR) is 253 cm³/mol. The largest absolute Gasteiger partial charge is 0.456 e. The summed E-state index contributed by atoms with van der Waals surface area (Å²) in [6.45, 7) is 0. The highest BCUT2D eigenvalue weighted by Crippen LogP contribution is 2.45. The van der Waals surface area contributed by atoms with Gasteiger partial charge in [-0.05, 0) is 109 Å². The maximum atomic E-state index is 6.28. The molecule has 0 unspecified atom stereocenters. The van der Waals surface area contributed by atoms with Crippen LogP contribution in [0.25, 0.3) is 88.3 Å². The van der Waals surface area contributed by atoms with Crippen LogP contribution in [-0.2, 0) is 0 Å². The Morgan fingerprint density at radius 1 is 0.267 bits per heavy atom. The van der Waals surface area contributed by atoms with Gasteiger partial charge in [0.1, 0.15) is 11.2 Å². The Hall–Kier alpha value is -7.94. The summed E-state index contributed by atoms with van der Waals surface area (Å²) >= 11 is 0. The van der Waals surface area contributed by atoms with E-state index in [1.54, 1.807) is 0 Å². The van der Waals surface area contributed by atoms with Gasteiger partial charge in [0.05, 0.1) is 5.69 Å². The number of rotatable bonds is 8. The van der Waals surface area contributed by atoms with Crippen LogP contribution in [0, 0.1) is 0 Å². The van der Waals surface area contributed by atoms with Crippen LogP contribution in [0.4, 0.5) is 17.1 Å². The second-order valence-corrected chi connectivity index (χ2v) is 15.3. The molecule has 11 aromatic rings. The second-order valence-electron chi connectivity index (χ2n) is 15.3. The van der Waals surface area contributed by atoms with Gasteiger partial charge in [0.2, 0.25) is 0 Å². The third-order valence-electron chi connectivity index (χ3n) is 11.7. The fraction of sp³-hybridized carbons (Fsp3) is 0. The summed E-state index contributed by atoms with van der Waals surface area (Å²) < 4.78 is 6.28. The van der Waals surface area contributed by atoms with Gasteiger partial charge in [-0.25, -0.2) is 0 Å². The number of hydrogen-bond donors (Lipinski definition) is 0. The molecule has 2 heteroatoms. The fourth-order valence-electron chi connectivity index (χ4n) is 8.65. The van der Waals surface area contributed by atoms with Crippen LogP contribution in [0.1, 0.15) is 0 Å². The minimum absolute atomic E-state index is 0.895. The first-order valence-corrected chi connectivity index (χ1v) is 20.5. The van der Waals surface area contributed by atoms with Gasteiger partial charge in [0.15, 0.2) is 0 Å². The number of anilines is 3. The first kappa shape index (κ1) is 35.2. The van der Waals surface area contributed by atoms with Gasteiger partial charge in [-0.2, -0.15) is 0 Å². The summed E-state index contributed by atoms with van der Waals surface area (Å²) in [5.41, 5.74) is 16.8. The molecular formula is C58H39NO. The maximum Gasteiger partial charge on any atom is 0.136 e. The zero-order chi connectivity index (χ0) is 39.8. The van der Waals surface area contributed by atoms with Crippen molar-refractivity contribution in [1.29, 1.82) is 0 Å². The van der Waals surface area contributed by atoms with Crippen LogP contribution >= 0.6 is 0 Å². The summed E-state index contributed by atoms with van der Waals surface area (Å²) in [5, 5.41) is 4.73. The number of furan rings is 1. The van der Waals surface area contributed by atoms with E-state index in [0.29, 0.717) is 0 Å². The highest BCUT2D eigenvalue weighted by molar-refractivity contribution is 6.06. The Kier molecular flexibility index (Phi) is 8.87. The van der Waals surface area contributed by atoms with Crippen LogP contribution < -0.4 is 4.90 Å². The summed E-state index contributed by atoms with van der Waals surface area (Å²) in [6, 6.07) is 85.0. The second kappa shape index (κ2) is 15.1. The van der Waals surface area contributed by atoms with E-state index in [0.717, 1.165) is 66.8 Å². The number of para-hydroxylation sites is 1. The molecule has 0 saturated carbocycles. The lowest BCUT2D eigenvalue weighted by atomic mass is 9.94. The van der Waals surface area contributed by atoms with E-state index in [9.17, 15) is 0 Å². The van der Waals surface area contributed by atoms with Gasteiger partial charge in [-0.1, -0.05) is 188 Å². The molecule has 0 radical (unpaired) electrons. The van der Waals surface area contributed by atoms with E-state index >= 15 is 0 Å². The molecular weight excluding hydrogens is 727 g/mol. The Bertz CT molecular complexity index is 3270. The van der Waals surface area contributed by atoms with Crippen molar-refractivity contribution < 1.29 is 4.42 Å². The molecule has 0 amide bonds. The Morgan fingerprint density at radius 3 is 1.43 bits per heavy atom. The molecule has 2 nitrogen and oxygen atoms in total. The first-order valence-electron chi connectivity index (χ1n) is 20.5. The van der Waals surface area contributed by atoms with Crippen LogP contribution in [0.2, 0.25) is 0 Å². The minimum atomic E-state index is 0.895. The van der Waals surface area contributed by atoms with Crippen LogP contribution in [0.15, 0.2) is 241 Å². The molecule has 0 aliphatic heterocycles. The molecule has 0 spiro atoms. The number of nitrogens with zero attached hydrogens (tertiary/aromatic N) is 1. The molecule has 1 aromatic heterocycles. The van der Waals surface area contributed by atoms with E-state index in [2.05, 4.69) is 229 Å². The van der Waals surface area contributed by atoms with Gasteiger partial charge in [0, 0.05) is 27.7 Å². The van der Waals surface area contributed by atoms with E-state index in [-0.39, 0.29) is 0 Å². The van der Waals surface area contributed by atoms with Crippen LogP contribution in [0.3, 0.4) is 0 Å². The van der Waals surface area contributed by atoms with Crippen molar-refractivity contribution in [2.45, 2.75) is 0 Å². The third-order valence-corrected chi connectivity index (χ3v) is 11.7. The van der Waals surface area contributed by atoms with Crippen molar-refractivity contribution in [1.82, 2.24) is 0 Å². The zero-order valence-corrected chi connectivity index (χ0v) is 32.9. The van der Waals surface area contributed by atoms with Crippen LogP contribution in [-0.4, -0.2) is 0 Å². The third kappa shape index (κ3) is 6.51. The molecule has 0 aliphatic rings. The molecule has 0 N–H and O–H groups in total. The number of fused-ring (bicyclic) bond motifs is 4. The quantitative estimate of drug-likeness (QED) is 0.153. The minimum Gasteiger partial charge on any atom is -0.456 e. The standard InChI is InChI=1S/C58H39NO/c1-3-12-40(13-4-1)41-22-24-42(25-23-41)43-26-32-49(33-27-43)59(50-34-28-44(29-35-50)47-30-37-55-54-19-9-10-21-57(54)60-58(55)39-47)56-38-48(31-36-53(56)46-14-5-2-6-15-46)52-20-11-17-45-16-7-8-18-51(45)52/h1-39H. The molecule has 1 heterocycles. The van der Waals surface area contributed by atoms with E-state index in [1.165, 1.54) is 38.6 Å². The lowest BCUT2D eigenvalue weighted by molar-refractivity contribution is 0.669. The number of benzene rings is 10. The zero-order valence-electron chi connectivity index (χ0n) is 32.9. The normalized spacial score (nSPS) is 11.3. The van der Waals surface area contributed by atoms with Crippen molar-refractivity contribution >= 4 is 49.8 Å². The molecule has 0 fully saturated rings. The van der Waals surface area contributed by atoms with Gasteiger partial charge >= 0.3 is 0 Å². The van der Waals surface area contributed by atoms with Gasteiger partial charge < -0.3 is 9.32 Å². The summed E-state index contributed by atoms with van der Waals surface area (Å²) in [5.74, 6) is 0. The molecule has 60 heavy (non-hydrogen) atoms. The summed E-state index contributed by atoms with van der Waals surface area (Å²) in [7, 11) is 0. The average molecular weight is 766 g/mol. The van der Waals surface area contributed by atoms with E-state index in [1.807, 2.05) is 12.1 Å². The highest BCUT2D eigenvalue weighted by Gasteiger charge is 2.20. The molecule has 11 rings (SSSR count). The van der Waals surface area contributed by atoms with Gasteiger partial charge in [0.25, 0.3) is 0 Å². The SMILES string of the molecule is c1ccc(-c2ccc(-c3ccc(N(c4ccc(-c5ccc6c(c5)oc5ccccc56)cc4)c4cc(-c5cccc6ccccc56)ccc4-c4ccccc4)cc3)cc2)cc1. The van der Waals surface area contributed by atoms with Crippen molar-refractivity contribution in [3.05, 3.63) is 237 Å². The molecule has 0 saturated heterocycles. The average Bonchev–Trinajstić information content (AvgIpc) is 3.71. The number of hydrogen-bond acceptors (Lipinski definition) is 2. The molecule has 0 atom stereocenters. The molecule has 0 bridgehead atoms.